The molecule has 0 aliphatic carbocycles. The van der Waals surface area contributed by atoms with Crippen molar-refractivity contribution in [2.75, 3.05) is 6.54 Å². The zero-order valence-corrected chi connectivity index (χ0v) is 16.5. The van der Waals surface area contributed by atoms with Gasteiger partial charge >= 0.3 is 0 Å². The lowest BCUT2D eigenvalue weighted by Gasteiger charge is -2.11. The molecule has 0 saturated heterocycles. The lowest BCUT2D eigenvalue weighted by Crippen LogP contribution is -2.28. The minimum absolute atomic E-state index is 0.0130. The first kappa shape index (κ1) is 18.3. The number of carbonyl (C=O) groups is 1. The van der Waals surface area contributed by atoms with Gasteiger partial charge in [0.1, 0.15) is 11.5 Å². The molecule has 5 nitrogen and oxygen atoms in total. The van der Waals surface area contributed by atoms with Gasteiger partial charge in [-0.2, -0.15) is 0 Å². The van der Waals surface area contributed by atoms with Crippen LogP contribution in [0.1, 0.15) is 41.6 Å². The molecule has 0 bridgehead atoms. The summed E-state index contributed by atoms with van der Waals surface area (Å²) in [5, 5.41) is 4.24. The van der Waals surface area contributed by atoms with Crippen molar-refractivity contribution in [2.24, 2.45) is 0 Å². The van der Waals surface area contributed by atoms with E-state index in [0.29, 0.717) is 13.0 Å². The van der Waals surface area contributed by atoms with E-state index in [2.05, 4.69) is 38.9 Å². The first-order valence-corrected chi connectivity index (χ1v) is 9.98. The van der Waals surface area contributed by atoms with Crippen LogP contribution in [0.4, 0.5) is 0 Å². The number of aromatic nitrogens is 3. The first-order chi connectivity index (χ1) is 13.7. The fraction of sp³-hybridized carbons (Fsp3) is 0.304. The van der Waals surface area contributed by atoms with Gasteiger partial charge in [-0.3, -0.25) is 4.79 Å². The molecule has 2 heterocycles. The highest BCUT2D eigenvalue weighted by Gasteiger charge is 2.19. The van der Waals surface area contributed by atoms with E-state index >= 15 is 0 Å². The molecule has 0 aliphatic rings. The number of amides is 1. The Balaban J connectivity index is 1.52. The Hall–Kier alpha value is -3.08. The normalized spacial score (nSPS) is 11.4. The van der Waals surface area contributed by atoms with Crippen LogP contribution in [0, 0.1) is 6.92 Å². The fourth-order valence-corrected chi connectivity index (χ4v) is 3.82. The maximum Gasteiger partial charge on any atom is 0.268 e. The van der Waals surface area contributed by atoms with Crippen LogP contribution in [-0.4, -0.2) is 27.0 Å². The number of benzene rings is 2. The summed E-state index contributed by atoms with van der Waals surface area (Å²) < 4.78 is 2.17. The summed E-state index contributed by atoms with van der Waals surface area (Å²) >= 11 is 0. The number of rotatable bonds is 7. The number of hydrogen-bond acceptors (Lipinski definition) is 2. The molecule has 0 saturated carbocycles. The number of H-pyrrole nitrogens is 1. The van der Waals surface area contributed by atoms with Crippen molar-refractivity contribution < 1.29 is 4.79 Å². The van der Waals surface area contributed by atoms with Crippen LogP contribution < -0.4 is 5.32 Å². The van der Waals surface area contributed by atoms with E-state index < -0.39 is 0 Å². The van der Waals surface area contributed by atoms with Gasteiger partial charge in [-0.25, -0.2) is 4.98 Å². The van der Waals surface area contributed by atoms with Gasteiger partial charge in [-0.1, -0.05) is 43.7 Å². The maximum atomic E-state index is 13.0. The van der Waals surface area contributed by atoms with Crippen molar-refractivity contribution in [3.63, 3.8) is 0 Å². The van der Waals surface area contributed by atoms with Crippen molar-refractivity contribution in [3.8, 4) is 0 Å². The third-order valence-electron chi connectivity index (χ3n) is 5.26. The van der Waals surface area contributed by atoms with E-state index in [1.54, 1.807) is 0 Å². The number of imidazole rings is 1. The molecule has 2 aromatic heterocycles. The molecule has 1 amide bonds. The van der Waals surface area contributed by atoms with Crippen molar-refractivity contribution in [3.05, 3.63) is 65.6 Å². The van der Waals surface area contributed by atoms with E-state index in [4.69, 9.17) is 0 Å². The van der Waals surface area contributed by atoms with Crippen LogP contribution >= 0.6 is 0 Å². The third kappa shape index (κ3) is 3.40. The molecule has 4 aromatic rings. The molecule has 0 radical (unpaired) electrons. The van der Waals surface area contributed by atoms with Gasteiger partial charge in [0.05, 0.1) is 11.0 Å². The second-order valence-electron chi connectivity index (χ2n) is 7.20. The van der Waals surface area contributed by atoms with E-state index in [1.807, 2.05) is 43.3 Å². The average molecular weight is 374 g/mol. The Labute approximate surface area is 164 Å². The molecule has 4 rings (SSSR count). The summed E-state index contributed by atoms with van der Waals surface area (Å²) in [5.74, 6) is 0.880. The summed E-state index contributed by atoms with van der Waals surface area (Å²) in [6.07, 6.45) is 2.82. The minimum atomic E-state index is -0.0130. The highest BCUT2D eigenvalue weighted by atomic mass is 16.1. The molecule has 0 atom stereocenters. The number of nitrogens with zero attached hydrogens (tertiary/aromatic N) is 2. The number of fused-ring (bicyclic) bond motifs is 2. The van der Waals surface area contributed by atoms with Crippen molar-refractivity contribution in [1.29, 1.82) is 0 Å². The van der Waals surface area contributed by atoms with E-state index in [0.717, 1.165) is 58.4 Å². The number of unbranched alkanes of at least 4 members (excludes halogenated alkanes) is 1. The molecule has 2 N–H and O–H groups in total. The summed E-state index contributed by atoms with van der Waals surface area (Å²) in [7, 11) is 0. The molecule has 0 spiro atoms. The Morgan fingerprint density at radius 3 is 2.75 bits per heavy atom. The Kier molecular flexibility index (Phi) is 5.15. The molecule has 2 aromatic carbocycles. The molecule has 0 unspecified atom stereocenters. The molecule has 5 heteroatoms. The molecular weight excluding hydrogens is 348 g/mol. The first-order valence-electron chi connectivity index (χ1n) is 9.98. The SMILES string of the molecule is CCCCn1c(C(=O)NCCc2nc3ccccc3[nH]2)c(C)c2ccccc21. The monoisotopic (exact) mass is 374 g/mol. The smallest absolute Gasteiger partial charge is 0.268 e. The predicted octanol–water partition coefficient (Wildman–Crippen LogP) is 4.60. The zero-order valence-electron chi connectivity index (χ0n) is 16.5. The minimum Gasteiger partial charge on any atom is -0.350 e. The van der Waals surface area contributed by atoms with Crippen LogP contribution in [-0.2, 0) is 13.0 Å². The lowest BCUT2D eigenvalue weighted by molar-refractivity contribution is 0.0944. The standard InChI is InChI=1S/C23H26N4O/c1-3-4-15-27-20-12-8-5-9-17(20)16(2)22(27)23(28)24-14-13-21-25-18-10-6-7-11-19(18)26-21/h5-12H,3-4,13-15H2,1-2H3,(H,24,28)(H,25,26). The van der Waals surface area contributed by atoms with Crippen LogP contribution in [0.3, 0.4) is 0 Å². The second kappa shape index (κ2) is 7.89. The highest BCUT2D eigenvalue weighted by Crippen LogP contribution is 2.26. The van der Waals surface area contributed by atoms with Gasteiger partial charge in [-0.05, 0) is 37.1 Å². The number of hydrogen-bond donors (Lipinski definition) is 2. The van der Waals surface area contributed by atoms with Gasteiger partial charge < -0.3 is 14.9 Å². The Morgan fingerprint density at radius 1 is 1.14 bits per heavy atom. The number of aryl methyl sites for hydroxylation is 2. The molecule has 28 heavy (non-hydrogen) atoms. The summed E-state index contributed by atoms with van der Waals surface area (Å²) in [4.78, 5) is 20.9. The molecule has 144 valence electrons. The van der Waals surface area contributed by atoms with E-state index in [9.17, 15) is 4.79 Å². The number of para-hydroxylation sites is 3. The highest BCUT2D eigenvalue weighted by molar-refractivity contribution is 6.01. The van der Waals surface area contributed by atoms with Crippen LogP contribution in [0.5, 0.6) is 0 Å². The average Bonchev–Trinajstić information content (AvgIpc) is 3.25. The van der Waals surface area contributed by atoms with Gasteiger partial charge in [0, 0.05) is 30.4 Å². The second-order valence-corrected chi connectivity index (χ2v) is 7.20. The predicted molar refractivity (Wildman–Crippen MR) is 114 cm³/mol. The zero-order chi connectivity index (χ0) is 19.5. The van der Waals surface area contributed by atoms with Gasteiger partial charge in [0.2, 0.25) is 0 Å². The fourth-order valence-electron chi connectivity index (χ4n) is 3.82. The van der Waals surface area contributed by atoms with E-state index in [-0.39, 0.29) is 5.91 Å². The number of carbonyl (C=O) groups excluding carboxylic acids is 1. The van der Waals surface area contributed by atoms with Gasteiger partial charge in [0.15, 0.2) is 0 Å². The lowest BCUT2D eigenvalue weighted by atomic mass is 10.1. The largest absolute Gasteiger partial charge is 0.350 e. The number of nitrogens with one attached hydrogen (secondary N) is 2. The van der Waals surface area contributed by atoms with Gasteiger partial charge in [0.25, 0.3) is 5.91 Å². The van der Waals surface area contributed by atoms with Gasteiger partial charge in [-0.15, -0.1) is 0 Å². The maximum absolute atomic E-state index is 13.0. The Morgan fingerprint density at radius 2 is 1.93 bits per heavy atom. The summed E-state index contributed by atoms with van der Waals surface area (Å²) in [6, 6.07) is 16.2. The van der Waals surface area contributed by atoms with Crippen molar-refractivity contribution >= 4 is 27.8 Å². The summed E-state index contributed by atoms with van der Waals surface area (Å²) in [6.45, 7) is 5.62. The third-order valence-corrected chi connectivity index (χ3v) is 5.26. The molecular formula is C23H26N4O. The molecule has 0 aliphatic heterocycles. The van der Waals surface area contributed by atoms with E-state index in [1.165, 1.54) is 0 Å². The van der Waals surface area contributed by atoms with Crippen molar-refractivity contribution in [1.82, 2.24) is 19.9 Å². The Bertz CT molecular complexity index is 1090. The summed E-state index contributed by atoms with van der Waals surface area (Å²) in [5.41, 5.74) is 4.95. The molecule has 0 fully saturated rings. The van der Waals surface area contributed by atoms with Crippen LogP contribution in [0.25, 0.3) is 21.9 Å². The topological polar surface area (TPSA) is 62.7 Å². The quantitative estimate of drug-likeness (QED) is 0.497. The van der Waals surface area contributed by atoms with Crippen molar-refractivity contribution in [2.45, 2.75) is 39.7 Å². The van der Waals surface area contributed by atoms with Crippen LogP contribution in [0.2, 0.25) is 0 Å². The number of aromatic amines is 1. The van der Waals surface area contributed by atoms with Crippen LogP contribution in [0.15, 0.2) is 48.5 Å².